The number of fused-ring (bicyclic) bond motifs is 1. The van der Waals surface area contributed by atoms with Crippen LogP contribution >= 0.6 is 22.9 Å². The minimum absolute atomic E-state index is 0.582. The highest BCUT2D eigenvalue weighted by molar-refractivity contribution is 7.07. The zero-order valence-corrected chi connectivity index (χ0v) is 13.5. The van der Waals surface area contributed by atoms with Crippen molar-refractivity contribution in [3.05, 3.63) is 46.4 Å². The number of hydrogen-bond donors (Lipinski definition) is 0. The van der Waals surface area contributed by atoms with Gasteiger partial charge in [-0.25, -0.2) is 4.98 Å². The maximum Gasteiger partial charge on any atom is 0.121 e. The van der Waals surface area contributed by atoms with Crippen LogP contribution in [-0.4, -0.2) is 22.5 Å². The molecule has 0 N–H and O–H groups in total. The van der Waals surface area contributed by atoms with Gasteiger partial charge in [0.25, 0.3) is 0 Å². The molecule has 0 unspecified atom stereocenters. The van der Waals surface area contributed by atoms with E-state index in [-0.39, 0.29) is 0 Å². The minimum atomic E-state index is 0.582. The van der Waals surface area contributed by atoms with E-state index >= 15 is 0 Å². The van der Waals surface area contributed by atoms with E-state index in [0.29, 0.717) is 5.88 Å². The molecular formula is C16H17ClN2OS. The fourth-order valence-electron chi connectivity index (χ4n) is 2.48. The quantitative estimate of drug-likeness (QED) is 0.638. The topological polar surface area (TPSA) is 27.1 Å². The van der Waals surface area contributed by atoms with Gasteiger partial charge in [-0.2, -0.15) is 11.3 Å². The van der Waals surface area contributed by atoms with Crippen LogP contribution in [0.1, 0.15) is 11.4 Å². The number of halogens is 1. The first-order valence-electron chi connectivity index (χ1n) is 6.92. The van der Waals surface area contributed by atoms with Gasteiger partial charge in [-0.1, -0.05) is 0 Å². The Hall–Kier alpha value is -1.52. The molecule has 0 saturated carbocycles. The van der Waals surface area contributed by atoms with E-state index in [1.807, 2.05) is 18.2 Å². The van der Waals surface area contributed by atoms with Gasteiger partial charge in [0.15, 0.2) is 0 Å². The second kappa shape index (κ2) is 6.50. The van der Waals surface area contributed by atoms with Gasteiger partial charge in [-0.3, -0.25) is 0 Å². The second-order valence-corrected chi connectivity index (χ2v) is 6.01. The Morgan fingerprint density at radius 3 is 2.90 bits per heavy atom. The third kappa shape index (κ3) is 3.06. The molecule has 0 saturated heterocycles. The van der Waals surface area contributed by atoms with Crippen molar-refractivity contribution in [2.75, 3.05) is 13.0 Å². The van der Waals surface area contributed by atoms with Gasteiger partial charge < -0.3 is 9.30 Å². The summed E-state index contributed by atoms with van der Waals surface area (Å²) in [6.45, 7) is 0.909. The first-order chi connectivity index (χ1) is 10.3. The summed E-state index contributed by atoms with van der Waals surface area (Å²) in [7, 11) is 1.69. The van der Waals surface area contributed by atoms with Crippen LogP contribution in [0.25, 0.3) is 11.0 Å². The van der Waals surface area contributed by atoms with E-state index in [1.165, 1.54) is 5.56 Å². The first-order valence-corrected chi connectivity index (χ1v) is 8.39. The highest BCUT2D eigenvalue weighted by Crippen LogP contribution is 2.23. The molecule has 0 aliphatic heterocycles. The molecule has 0 aliphatic rings. The Morgan fingerprint density at radius 2 is 2.19 bits per heavy atom. The second-order valence-electron chi connectivity index (χ2n) is 4.85. The van der Waals surface area contributed by atoms with Crippen molar-refractivity contribution in [3.8, 4) is 5.75 Å². The standard InChI is InChI=1S/C16H17ClN2OS/c1-20-13-2-3-14-15(10-13)19(16(18-14)4-7-17)8-5-12-6-9-21-11-12/h2-3,6,9-11H,4-5,7-8H2,1H3. The molecule has 0 fully saturated rings. The van der Waals surface area contributed by atoms with E-state index in [2.05, 4.69) is 21.4 Å². The molecule has 3 aromatic rings. The molecule has 0 spiro atoms. The Kier molecular flexibility index (Phi) is 4.46. The molecule has 0 bridgehead atoms. The van der Waals surface area contributed by atoms with E-state index in [4.69, 9.17) is 21.3 Å². The van der Waals surface area contributed by atoms with Gasteiger partial charge >= 0.3 is 0 Å². The lowest BCUT2D eigenvalue weighted by molar-refractivity contribution is 0.415. The number of aryl methyl sites for hydroxylation is 3. The molecule has 1 aromatic carbocycles. The van der Waals surface area contributed by atoms with Crippen LogP contribution in [0, 0.1) is 0 Å². The number of aromatic nitrogens is 2. The highest BCUT2D eigenvalue weighted by Gasteiger charge is 2.11. The van der Waals surface area contributed by atoms with Crippen LogP contribution in [-0.2, 0) is 19.4 Å². The van der Waals surface area contributed by atoms with E-state index in [9.17, 15) is 0 Å². The van der Waals surface area contributed by atoms with Crippen LogP contribution < -0.4 is 4.74 Å². The number of alkyl halides is 1. The average Bonchev–Trinajstić information content (AvgIpc) is 3.12. The first kappa shape index (κ1) is 14.4. The smallest absolute Gasteiger partial charge is 0.121 e. The van der Waals surface area contributed by atoms with Gasteiger partial charge in [0.1, 0.15) is 11.6 Å². The van der Waals surface area contributed by atoms with Gasteiger partial charge in [-0.15, -0.1) is 11.6 Å². The van der Waals surface area contributed by atoms with E-state index < -0.39 is 0 Å². The van der Waals surface area contributed by atoms with Crippen LogP contribution in [0.2, 0.25) is 0 Å². The number of rotatable bonds is 6. The third-order valence-corrected chi connectivity index (χ3v) is 4.48. The zero-order chi connectivity index (χ0) is 14.7. The Morgan fingerprint density at radius 1 is 1.29 bits per heavy atom. The summed E-state index contributed by atoms with van der Waals surface area (Å²) in [6, 6.07) is 8.18. The molecule has 21 heavy (non-hydrogen) atoms. The Labute approximate surface area is 133 Å². The van der Waals surface area contributed by atoms with Gasteiger partial charge in [0.2, 0.25) is 0 Å². The zero-order valence-electron chi connectivity index (χ0n) is 11.9. The fraction of sp³-hybridized carbons (Fsp3) is 0.312. The van der Waals surface area contributed by atoms with Crippen molar-refractivity contribution in [2.24, 2.45) is 0 Å². The molecule has 0 atom stereocenters. The predicted molar refractivity (Wildman–Crippen MR) is 88.7 cm³/mol. The Balaban J connectivity index is 1.97. The van der Waals surface area contributed by atoms with Crippen LogP contribution in [0.4, 0.5) is 0 Å². The number of methoxy groups -OCH3 is 1. The van der Waals surface area contributed by atoms with Crippen molar-refractivity contribution < 1.29 is 4.74 Å². The average molecular weight is 321 g/mol. The lowest BCUT2D eigenvalue weighted by Crippen LogP contribution is -2.06. The summed E-state index contributed by atoms with van der Waals surface area (Å²) in [6.07, 6.45) is 1.78. The van der Waals surface area contributed by atoms with Crippen molar-refractivity contribution in [1.29, 1.82) is 0 Å². The molecule has 110 valence electrons. The lowest BCUT2D eigenvalue weighted by atomic mass is 10.2. The molecule has 3 nitrogen and oxygen atoms in total. The lowest BCUT2D eigenvalue weighted by Gasteiger charge is -2.08. The van der Waals surface area contributed by atoms with Gasteiger partial charge in [0.05, 0.1) is 18.1 Å². The van der Waals surface area contributed by atoms with Crippen molar-refractivity contribution >= 4 is 34.0 Å². The molecule has 0 aliphatic carbocycles. The number of nitrogens with zero attached hydrogens (tertiary/aromatic N) is 2. The summed E-state index contributed by atoms with van der Waals surface area (Å²) in [5, 5.41) is 4.31. The molecule has 2 heterocycles. The predicted octanol–water partition coefficient (Wildman–Crippen LogP) is 4.13. The molecule has 0 radical (unpaired) electrons. The third-order valence-electron chi connectivity index (χ3n) is 3.56. The number of hydrogen-bond acceptors (Lipinski definition) is 3. The normalized spacial score (nSPS) is 11.1. The molecular weight excluding hydrogens is 304 g/mol. The number of imidazole rings is 1. The van der Waals surface area contributed by atoms with E-state index in [0.717, 1.165) is 42.0 Å². The SMILES string of the molecule is COc1ccc2nc(CCCl)n(CCc3ccsc3)c2c1. The summed E-state index contributed by atoms with van der Waals surface area (Å²) >= 11 is 7.65. The summed E-state index contributed by atoms with van der Waals surface area (Å²) < 4.78 is 7.59. The molecule has 5 heteroatoms. The van der Waals surface area contributed by atoms with Gasteiger partial charge in [-0.05, 0) is 40.9 Å². The summed E-state index contributed by atoms with van der Waals surface area (Å²) in [5.41, 5.74) is 3.48. The molecule has 0 amide bonds. The summed E-state index contributed by atoms with van der Waals surface area (Å²) in [5.74, 6) is 2.49. The van der Waals surface area contributed by atoms with Crippen LogP contribution in [0.3, 0.4) is 0 Å². The summed E-state index contributed by atoms with van der Waals surface area (Å²) in [4.78, 5) is 4.70. The molecule has 3 rings (SSSR count). The van der Waals surface area contributed by atoms with Crippen LogP contribution in [0.15, 0.2) is 35.0 Å². The Bertz CT molecular complexity index is 721. The maximum atomic E-state index is 5.92. The monoisotopic (exact) mass is 320 g/mol. The number of thiophene rings is 1. The van der Waals surface area contributed by atoms with Crippen molar-refractivity contribution in [1.82, 2.24) is 9.55 Å². The minimum Gasteiger partial charge on any atom is -0.497 e. The number of ether oxygens (including phenoxy) is 1. The number of benzene rings is 1. The maximum absolute atomic E-state index is 5.92. The van der Waals surface area contributed by atoms with Crippen molar-refractivity contribution in [3.63, 3.8) is 0 Å². The van der Waals surface area contributed by atoms with Crippen LogP contribution in [0.5, 0.6) is 5.75 Å². The molecule has 2 aromatic heterocycles. The highest BCUT2D eigenvalue weighted by atomic mass is 35.5. The largest absolute Gasteiger partial charge is 0.497 e. The van der Waals surface area contributed by atoms with Crippen molar-refractivity contribution in [2.45, 2.75) is 19.4 Å². The fourth-order valence-corrected chi connectivity index (χ4v) is 3.35. The van der Waals surface area contributed by atoms with E-state index in [1.54, 1.807) is 18.4 Å². The van der Waals surface area contributed by atoms with Gasteiger partial charge in [0, 0.05) is 24.9 Å².